The van der Waals surface area contributed by atoms with E-state index in [1.54, 1.807) is 0 Å². The number of hydrogen-bond donors (Lipinski definition) is 5. The van der Waals surface area contributed by atoms with Crippen molar-refractivity contribution < 1.29 is 33.1 Å². The molecule has 0 aromatic rings. The number of fused-ring (bicyclic) bond motifs is 5. The van der Waals surface area contributed by atoms with E-state index >= 15 is 0 Å². The van der Waals surface area contributed by atoms with Gasteiger partial charge in [0.2, 0.25) is 0 Å². The molecule has 0 heterocycles. The zero-order chi connectivity index (χ0) is 26.2. The van der Waals surface area contributed by atoms with Gasteiger partial charge in [0.25, 0.3) is 10.1 Å². The van der Waals surface area contributed by atoms with Gasteiger partial charge in [-0.2, -0.15) is 8.42 Å². The Bertz CT molecular complexity index is 851. The summed E-state index contributed by atoms with van der Waals surface area (Å²) in [6.45, 7) is 7.13. The van der Waals surface area contributed by atoms with E-state index in [1.807, 2.05) is 0 Å². The lowest BCUT2D eigenvalue weighted by molar-refractivity contribution is -0.174. The predicted molar refractivity (Wildman–Crippen MR) is 134 cm³/mol. The van der Waals surface area contributed by atoms with Crippen LogP contribution in [0.25, 0.3) is 0 Å². The summed E-state index contributed by atoms with van der Waals surface area (Å²) in [5.74, 6) is 2.00. The van der Waals surface area contributed by atoms with Crippen molar-refractivity contribution in [1.82, 2.24) is 0 Å². The van der Waals surface area contributed by atoms with Gasteiger partial charge in [-0.15, -0.1) is 0 Å². The zero-order valence-electron chi connectivity index (χ0n) is 21.6. The minimum atomic E-state index is -3.80. The fourth-order valence-electron chi connectivity index (χ4n) is 8.88. The lowest BCUT2D eigenvalue weighted by Crippen LogP contribution is -2.58. The van der Waals surface area contributed by atoms with Crippen molar-refractivity contribution in [3.8, 4) is 0 Å². The second kappa shape index (κ2) is 10.9. The van der Waals surface area contributed by atoms with E-state index in [2.05, 4.69) is 20.8 Å². The number of aliphatic hydroxyl groups excluding tert-OH is 2. The molecule has 0 saturated heterocycles. The van der Waals surface area contributed by atoms with Gasteiger partial charge >= 0.3 is 5.97 Å². The molecule has 6 N–H and O–H groups in total. The first-order chi connectivity index (χ1) is 16.2. The van der Waals surface area contributed by atoms with E-state index in [9.17, 15) is 23.4 Å². The van der Waals surface area contributed by atoms with E-state index in [0.717, 1.165) is 32.1 Å². The molecule has 4 fully saturated rings. The van der Waals surface area contributed by atoms with Crippen molar-refractivity contribution in [3.05, 3.63) is 0 Å². The highest BCUT2D eigenvalue weighted by molar-refractivity contribution is 7.85. The van der Waals surface area contributed by atoms with Crippen LogP contribution in [0.15, 0.2) is 0 Å². The largest absolute Gasteiger partial charge is 0.481 e. The van der Waals surface area contributed by atoms with E-state index in [1.165, 1.54) is 25.7 Å². The van der Waals surface area contributed by atoms with Crippen LogP contribution in [0.1, 0.15) is 85.0 Å². The molecule has 4 aliphatic rings. The summed E-state index contributed by atoms with van der Waals surface area (Å²) >= 11 is 0. The Morgan fingerprint density at radius 1 is 1.03 bits per heavy atom. The van der Waals surface area contributed by atoms with Crippen molar-refractivity contribution in [2.24, 2.45) is 52.1 Å². The summed E-state index contributed by atoms with van der Waals surface area (Å²) in [6.07, 6.45) is 9.19. The third-order valence-electron chi connectivity index (χ3n) is 10.6. The van der Waals surface area contributed by atoms with Crippen molar-refractivity contribution >= 4 is 16.1 Å². The first kappa shape index (κ1) is 28.8. The molecule has 9 heteroatoms. The van der Waals surface area contributed by atoms with E-state index in [-0.39, 0.29) is 41.8 Å². The summed E-state index contributed by atoms with van der Waals surface area (Å²) in [7, 11) is -3.80. The highest BCUT2D eigenvalue weighted by atomic mass is 32.2. The van der Waals surface area contributed by atoms with Crippen LogP contribution >= 0.6 is 0 Å². The third kappa shape index (κ3) is 6.06. The number of carbonyl (C=O) groups is 1. The maximum absolute atomic E-state index is 11.2. The highest BCUT2D eigenvalue weighted by Crippen LogP contribution is 2.68. The molecular weight excluding hydrogens is 470 g/mol. The van der Waals surface area contributed by atoms with Gasteiger partial charge in [-0.3, -0.25) is 9.35 Å². The smallest absolute Gasteiger partial charge is 0.303 e. The van der Waals surface area contributed by atoms with Gasteiger partial charge < -0.3 is 21.1 Å². The number of rotatable bonds is 6. The Hall–Kier alpha value is -0.740. The number of carboxylic acid groups (broad SMARTS) is 1. The summed E-state index contributed by atoms with van der Waals surface area (Å²) in [5.41, 5.74) is 5.30. The van der Waals surface area contributed by atoms with Crippen LogP contribution in [0.5, 0.6) is 0 Å². The summed E-state index contributed by atoms with van der Waals surface area (Å²) in [5, 5.41) is 30.5. The second-order valence-electron chi connectivity index (χ2n) is 12.4. The number of nitrogens with two attached hydrogens (primary N) is 1. The van der Waals surface area contributed by atoms with Crippen LogP contribution in [0.2, 0.25) is 0 Å². The molecule has 8 nitrogen and oxygen atoms in total. The van der Waals surface area contributed by atoms with E-state index in [4.69, 9.17) is 15.4 Å². The summed E-state index contributed by atoms with van der Waals surface area (Å²) in [4.78, 5) is 11.1. The molecule has 0 aromatic carbocycles. The SMILES string of the molecule is C[C@H](CCC(=O)O)[C@H]1CC[C@H]2[C@@H]3[C@H](O)C[C@@H]4C[C@H](O)CC[C@]4(C)[C@H]3CC[C@]12C.NCCS(=O)(=O)O. The maximum atomic E-state index is 11.2. The first-order valence-corrected chi connectivity index (χ1v) is 15.1. The van der Waals surface area contributed by atoms with Gasteiger partial charge in [-0.05, 0) is 104 Å². The topological polar surface area (TPSA) is 158 Å². The van der Waals surface area contributed by atoms with Crippen molar-refractivity contribution in [2.45, 2.75) is 97.2 Å². The van der Waals surface area contributed by atoms with Gasteiger partial charge in [0, 0.05) is 13.0 Å². The Kier molecular flexibility index (Phi) is 9.01. The number of aliphatic hydroxyl groups is 2. The zero-order valence-corrected chi connectivity index (χ0v) is 22.4. The Labute approximate surface area is 210 Å². The number of aliphatic carboxylic acids is 1. The van der Waals surface area contributed by atoms with Gasteiger partial charge in [0.15, 0.2) is 0 Å². The van der Waals surface area contributed by atoms with Crippen molar-refractivity contribution in [2.75, 3.05) is 12.3 Å². The molecule has 0 aromatic heterocycles. The molecule has 204 valence electrons. The van der Waals surface area contributed by atoms with E-state index < -0.39 is 16.1 Å². The molecule has 0 bridgehead atoms. The summed E-state index contributed by atoms with van der Waals surface area (Å²) in [6, 6.07) is 0. The fraction of sp³-hybridized carbons (Fsp3) is 0.962. The van der Waals surface area contributed by atoms with Gasteiger partial charge in [-0.1, -0.05) is 20.8 Å². The average molecular weight is 518 g/mol. The van der Waals surface area contributed by atoms with Crippen LogP contribution in [0.4, 0.5) is 0 Å². The highest BCUT2D eigenvalue weighted by Gasteiger charge is 2.62. The molecule has 4 rings (SSSR count). The molecule has 4 aliphatic carbocycles. The summed E-state index contributed by atoms with van der Waals surface area (Å²) < 4.78 is 27.3. The van der Waals surface area contributed by atoms with Crippen molar-refractivity contribution in [3.63, 3.8) is 0 Å². The number of carboxylic acids is 1. The lowest BCUT2D eigenvalue weighted by Gasteiger charge is -2.62. The van der Waals surface area contributed by atoms with Gasteiger partial charge in [-0.25, -0.2) is 0 Å². The Morgan fingerprint density at radius 3 is 2.23 bits per heavy atom. The molecule has 0 spiro atoms. The van der Waals surface area contributed by atoms with Crippen LogP contribution in [0, 0.1) is 46.3 Å². The van der Waals surface area contributed by atoms with Crippen LogP contribution < -0.4 is 5.73 Å². The number of hydrogen-bond acceptors (Lipinski definition) is 6. The molecular formula is C26H47NO7S. The monoisotopic (exact) mass is 517 g/mol. The molecule has 4 saturated carbocycles. The molecule has 10 atom stereocenters. The minimum absolute atomic E-state index is 0.0289. The van der Waals surface area contributed by atoms with Gasteiger partial charge in [0.05, 0.1) is 18.0 Å². The predicted octanol–water partition coefficient (Wildman–Crippen LogP) is 3.31. The second-order valence-corrected chi connectivity index (χ2v) is 14.0. The normalized spacial score (nSPS) is 43.7. The Morgan fingerprint density at radius 2 is 1.66 bits per heavy atom. The molecule has 0 aliphatic heterocycles. The van der Waals surface area contributed by atoms with Crippen LogP contribution in [-0.2, 0) is 14.9 Å². The molecule has 0 radical (unpaired) electrons. The average Bonchev–Trinajstić information content (AvgIpc) is 3.10. The standard InChI is InChI=1S/C24H40O4.C2H7NO3S/c1-14(4-7-21(27)28)17-5-6-18-22-19(9-11-24(17,18)3)23(2)10-8-16(25)12-15(23)13-20(22)26;3-1-2-7(4,5)6/h14-20,22,25-26H,4-13H2,1-3H3,(H,27,28);1-3H2,(H,4,5,6)/t14-,15+,16-,17-,18+,19+,20-,22+,23+,24-;/m1./s1. The molecule has 0 unspecified atom stereocenters. The quantitative estimate of drug-likeness (QED) is 0.336. The molecule has 0 amide bonds. The minimum Gasteiger partial charge on any atom is -0.481 e. The van der Waals surface area contributed by atoms with Crippen molar-refractivity contribution in [1.29, 1.82) is 0 Å². The van der Waals surface area contributed by atoms with E-state index in [0.29, 0.717) is 35.5 Å². The fourth-order valence-corrected chi connectivity index (χ4v) is 9.17. The first-order valence-electron chi connectivity index (χ1n) is 13.5. The Balaban J connectivity index is 0.000000429. The molecule has 35 heavy (non-hydrogen) atoms. The van der Waals surface area contributed by atoms with Crippen LogP contribution in [-0.4, -0.2) is 58.8 Å². The third-order valence-corrected chi connectivity index (χ3v) is 11.4. The van der Waals surface area contributed by atoms with Crippen LogP contribution in [0.3, 0.4) is 0 Å². The maximum Gasteiger partial charge on any atom is 0.303 e. The van der Waals surface area contributed by atoms with Gasteiger partial charge in [0.1, 0.15) is 0 Å². The lowest BCUT2D eigenvalue weighted by atomic mass is 9.43.